The molecule has 1 fully saturated rings. The number of imide groups is 1. The minimum atomic E-state index is -0.205. The third-order valence-corrected chi connectivity index (χ3v) is 4.31. The summed E-state index contributed by atoms with van der Waals surface area (Å²) in [5.41, 5.74) is 1.15. The summed E-state index contributed by atoms with van der Waals surface area (Å²) in [5.74, 6) is 0.418. The highest BCUT2D eigenvalue weighted by atomic mass is 32.2. The van der Waals surface area contributed by atoms with Crippen molar-refractivity contribution in [2.24, 2.45) is 0 Å². The zero-order chi connectivity index (χ0) is 12.7. The molecule has 0 bridgehead atoms. The van der Waals surface area contributed by atoms with Crippen LogP contribution in [0.3, 0.4) is 0 Å². The van der Waals surface area contributed by atoms with Crippen LogP contribution < -0.4 is 0 Å². The summed E-state index contributed by atoms with van der Waals surface area (Å²) in [6, 6.07) is 6.94. The van der Waals surface area contributed by atoms with Gasteiger partial charge in [-0.1, -0.05) is 12.1 Å². The van der Waals surface area contributed by atoms with E-state index in [4.69, 9.17) is 4.74 Å². The number of thioether (sulfide) groups is 1. The molecule has 0 spiro atoms. The Morgan fingerprint density at radius 2 is 1.89 bits per heavy atom. The van der Waals surface area contributed by atoms with E-state index in [1.807, 2.05) is 6.92 Å². The Balaban J connectivity index is 1.80. The van der Waals surface area contributed by atoms with E-state index in [2.05, 4.69) is 0 Å². The van der Waals surface area contributed by atoms with Crippen molar-refractivity contribution in [2.45, 2.75) is 18.5 Å². The van der Waals surface area contributed by atoms with Gasteiger partial charge in [0.2, 0.25) is 0 Å². The van der Waals surface area contributed by atoms with Gasteiger partial charge in [0.1, 0.15) is 5.44 Å². The van der Waals surface area contributed by atoms with Gasteiger partial charge in [-0.2, -0.15) is 0 Å². The third-order valence-electron chi connectivity index (χ3n) is 3.17. The highest BCUT2D eigenvalue weighted by Gasteiger charge is 2.37. The summed E-state index contributed by atoms with van der Waals surface area (Å²) in [5, 5.41) is 0. The van der Waals surface area contributed by atoms with E-state index >= 15 is 0 Å². The summed E-state index contributed by atoms with van der Waals surface area (Å²) < 4.78 is 5.64. The molecule has 94 valence electrons. The van der Waals surface area contributed by atoms with Crippen molar-refractivity contribution < 1.29 is 14.3 Å². The number of fused-ring (bicyclic) bond motifs is 1. The highest BCUT2D eigenvalue weighted by molar-refractivity contribution is 7.99. The van der Waals surface area contributed by atoms with Gasteiger partial charge in [-0.15, -0.1) is 11.8 Å². The molecule has 2 aliphatic heterocycles. The van der Waals surface area contributed by atoms with Crippen molar-refractivity contribution >= 4 is 23.6 Å². The summed E-state index contributed by atoms with van der Waals surface area (Å²) >= 11 is 1.70. The average molecular weight is 263 g/mol. The Hall–Kier alpha value is -1.33. The van der Waals surface area contributed by atoms with Gasteiger partial charge in [-0.25, -0.2) is 0 Å². The zero-order valence-corrected chi connectivity index (χ0v) is 10.8. The van der Waals surface area contributed by atoms with E-state index in [0.717, 1.165) is 5.75 Å². The third kappa shape index (κ3) is 1.83. The van der Waals surface area contributed by atoms with Crippen molar-refractivity contribution in [3.05, 3.63) is 35.4 Å². The number of carbonyl (C=O) groups excluding carboxylic acids is 2. The molecular weight excluding hydrogens is 250 g/mol. The SMILES string of the molecule is CC1OC(CN2C(=O)c3ccccc3C2=O)CS1. The van der Waals surface area contributed by atoms with Gasteiger partial charge in [0.05, 0.1) is 23.8 Å². The number of hydrogen-bond donors (Lipinski definition) is 0. The van der Waals surface area contributed by atoms with Gasteiger partial charge in [0.25, 0.3) is 11.8 Å². The first kappa shape index (κ1) is 11.7. The lowest BCUT2D eigenvalue weighted by atomic mass is 10.1. The van der Waals surface area contributed by atoms with Crippen LogP contribution in [0.5, 0.6) is 0 Å². The number of nitrogens with zero attached hydrogens (tertiary/aromatic N) is 1. The van der Waals surface area contributed by atoms with E-state index in [0.29, 0.717) is 17.7 Å². The molecule has 2 aliphatic rings. The quantitative estimate of drug-likeness (QED) is 0.763. The maximum absolute atomic E-state index is 12.1. The number of rotatable bonds is 2. The Morgan fingerprint density at radius 1 is 1.28 bits per heavy atom. The zero-order valence-electron chi connectivity index (χ0n) is 9.96. The molecule has 4 nitrogen and oxygen atoms in total. The van der Waals surface area contributed by atoms with Crippen LogP contribution in [-0.2, 0) is 4.74 Å². The number of hydrogen-bond acceptors (Lipinski definition) is 4. The molecule has 5 heteroatoms. The van der Waals surface area contributed by atoms with Gasteiger partial charge in [-0.05, 0) is 19.1 Å². The van der Waals surface area contributed by atoms with Crippen LogP contribution in [0.4, 0.5) is 0 Å². The van der Waals surface area contributed by atoms with Crippen LogP contribution in [0.25, 0.3) is 0 Å². The summed E-state index contributed by atoms with van der Waals surface area (Å²) in [6.45, 7) is 2.33. The molecule has 2 amide bonds. The summed E-state index contributed by atoms with van der Waals surface area (Å²) in [7, 11) is 0. The van der Waals surface area contributed by atoms with Crippen LogP contribution in [0.1, 0.15) is 27.6 Å². The summed E-state index contributed by atoms with van der Waals surface area (Å²) in [6.07, 6.45) is -0.0489. The fraction of sp³-hybridized carbons (Fsp3) is 0.385. The van der Waals surface area contributed by atoms with Gasteiger partial charge in [0, 0.05) is 5.75 Å². The molecule has 18 heavy (non-hydrogen) atoms. The topological polar surface area (TPSA) is 46.6 Å². The predicted molar refractivity (Wildman–Crippen MR) is 68.6 cm³/mol. The lowest BCUT2D eigenvalue weighted by Gasteiger charge is -2.18. The van der Waals surface area contributed by atoms with Crippen molar-refractivity contribution in [3.8, 4) is 0 Å². The molecule has 2 heterocycles. The molecule has 1 aromatic carbocycles. The average Bonchev–Trinajstić information content (AvgIpc) is 2.88. The van der Waals surface area contributed by atoms with Gasteiger partial charge in [-0.3, -0.25) is 14.5 Å². The molecule has 1 aromatic rings. The van der Waals surface area contributed by atoms with Crippen LogP contribution in [0.15, 0.2) is 24.3 Å². The number of ether oxygens (including phenoxy) is 1. The first-order chi connectivity index (χ1) is 8.66. The molecule has 1 saturated heterocycles. The molecular formula is C13H13NO3S. The van der Waals surface area contributed by atoms with Crippen molar-refractivity contribution in [2.75, 3.05) is 12.3 Å². The Bertz CT molecular complexity index is 482. The Morgan fingerprint density at radius 3 is 2.39 bits per heavy atom. The minimum Gasteiger partial charge on any atom is -0.362 e. The van der Waals surface area contributed by atoms with E-state index in [1.54, 1.807) is 36.0 Å². The number of benzene rings is 1. The van der Waals surface area contributed by atoms with Crippen LogP contribution in [0, 0.1) is 0 Å². The van der Waals surface area contributed by atoms with E-state index in [-0.39, 0.29) is 23.4 Å². The first-order valence-electron chi connectivity index (χ1n) is 5.89. The van der Waals surface area contributed by atoms with Crippen LogP contribution >= 0.6 is 11.8 Å². The molecule has 0 radical (unpaired) electrons. The van der Waals surface area contributed by atoms with E-state index in [1.165, 1.54) is 4.90 Å². The van der Waals surface area contributed by atoms with Gasteiger partial charge in [0.15, 0.2) is 0 Å². The Kier molecular flexibility index (Phi) is 2.87. The maximum atomic E-state index is 12.1. The van der Waals surface area contributed by atoms with E-state index < -0.39 is 0 Å². The fourth-order valence-electron chi connectivity index (χ4n) is 2.30. The number of carbonyl (C=O) groups is 2. The van der Waals surface area contributed by atoms with Crippen LogP contribution in [-0.4, -0.2) is 40.6 Å². The summed E-state index contributed by atoms with van der Waals surface area (Å²) in [4.78, 5) is 25.5. The molecule has 0 saturated carbocycles. The fourth-order valence-corrected chi connectivity index (χ4v) is 3.20. The highest BCUT2D eigenvalue weighted by Crippen LogP contribution is 2.28. The molecule has 0 aromatic heterocycles. The Labute approximate surface area is 109 Å². The maximum Gasteiger partial charge on any atom is 0.261 e. The molecule has 2 unspecified atom stereocenters. The largest absolute Gasteiger partial charge is 0.362 e. The number of amides is 2. The second kappa shape index (κ2) is 4.40. The van der Waals surface area contributed by atoms with Crippen molar-refractivity contribution in [3.63, 3.8) is 0 Å². The second-order valence-electron chi connectivity index (χ2n) is 4.43. The monoisotopic (exact) mass is 263 g/mol. The smallest absolute Gasteiger partial charge is 0.261 e. The molecule has 3 rings (SSSR count). The predicted octanol–water partition coefficient (Wildman–Crippen LogP) is 1.76. The van der Waals surface area contributed by atoms with Gasteiger partial charge >= 0.3 is 0 Å². The lowest BCUT2D eigenvalue weighted by Crippen LogP contribution is -2.37. The molecule has 2 atom stereocenters. The second-order valence-corrected chi connectivity index (χ2v) is 5.76. The minimum absolute atomic E-state index is 0.0489. The standard InChI is InChI=1S/C13H13NO3S/c1-8-17-9(7-18-8)6-14-12(15)10-4-2-3-5-11(10)13(14)16/h2-5,8-9H,6-7H2,1H3. The molecule has 0 aliphatic carbocycles. The van der Waals surface area contributed by atoms with Crippen molar-refractivity contribution in [1.82, 2.24) is 4.90 Å². The normalized spacial score (nSPS) is 26.8. The van der Waals surface area contributed by atoms with Crippen LogP contribution in [0.2, 0.25) is 0 Å². The van der Waals surface area contributed by atoms with Gasteiger partial charge < -0.3 is 4.74 Å². The molecule has 0 N–H and O–H groups in total. The van der Waals surface area contributed by atoms with E-state index in [9.17, 15) is 9.59 Å². The first-order valence-corrected chi connectivity index (χ1v) is 6.94. The van der Waals surface area contributed by atoms with Crippen molar-refractivity contribution in [1.29, 1.82) is 0 Å². The lowest BCUT2D eigenvalue weighted by molar-refractivity contribution is 0.0371.